The highest BCUT2D eigenvalue weighted by Gasteiger charge is 2.09. The molecule has 0 aromatic heterocycles. The first kappa shape index (κ1) is 12.8. The minimum absolute atomic E-state index is 0.0519. The molecule has 0 aliphatic carbocycles. The summed E-state index contributed by atoms with van der Waals surface area (Å²) in [5.74, 6) is -0.395. The molecule has 0 bridgehead atoms. The average molecular weight is 255 g/mol. The van der Waals surface area contributed by atoms with E-state index in [-0.39, 0.29) is 24.0 Å². The molecule has 0 atom stereocenters. The monoisotopic (exact) mass is 255 g/mol. The Kier molecular flexibility index (Phi) is 3.93. The molecule has 0 aliphatic rings. The van der Waals surface area contributed by atoms with Crippen molar-refractivity contribution in [2.75, 3.05) is 6.54 Å². The van der Waals surface area contributed by atoms with Crippen molar-refractivity contribution in [2.24, 2.45) is 0 Å². The lowest BCUT2D eigenvalue weighted by molar-refractivity contribution is 0.0904. The first-order valence-corrected chi connectivity index (χ1v) is 5.82. The summed E-state index contributed by atoms with van der Waals surface area (Å²) in [4.78, 5) is 23.5. The fourth-order valence-electron chi connectivity index (χ4n) is 1.60. The van der Waals surface area contributed by atoms with Crippen LogP contribution in [0.1, 0.15) is 20.7 Å². The van der Waals surface area contributed by atoms with E-state index in [0.29, 0.717) is 11.1 Å². The van der Waals surface area contributed by atoms with Gasteiger partial charge in [0.2, 0.25) is 0 Å². The summed E-state index contributed by atoms with van der Waals surface area (Å²) in [7, 11) is 0. The lowest BCUT2D eigenvalue weighted by Gasteiger charge is -2.05. The van der Waals surface area contributed by atoms with E-state index in [1.807, 2.05) is 6.07 Å². The predicted octanol–water partition coefficient (Wildman–Crippen LogP) is 2.00. The van der Waals surface area contributed by atoms with E-state index in [2.05, 4.69) is 5.32 Å². The number of ketones is 1. The average Bonchev–Trinajstić information content (AvgIpc) is 2.46. The molecule has 19 heavy (non-hydrogen) atoms. The second-order valence-corrected chi connectivity index (χ2v) is 4.02. The number of carbonyl (C=O) groups is 2. The van der Waals surface area contributed by atoms with Crippen molar-refractivity contribution in [1.82, 2.24) is 5.32 Å². The highest BCUT2D eigenvalue weighted by molar-refractivity contribution is 6.02. The molecule has 0 saturated carbocycles. The Balaban J connectivity index is 1.94. The Hall–Kier alpha value is -2.62. The first-order chi connectivity index (χ1) is 9.16. The van der Waals surface area contributed by atoms with Crippen LogP contribution in [0.2, 0.25) is 0 Å². The standard InChI is InChI=1S/C15H13NO3/c17-13-8-6-12(7-9-13)15(19)16-10-14(18)11-4-2-1-3-5-11/h1-9,17H,10H2,(H,16,19). The highest BCUT2D eigenvalue weighted by Crippen LogP contribution is 2.09. The van der Waals surface area contributed by atoms with Gasteiger partial charge in [-0.2, -0.15) is 0 Å². The fourth-order valence-corrected chi connectivity index (χ4v) is 1.60. The van der Waals surface area contributed by atoms with Crippen molar-refractivity contribution in [3.63, 3.8) is 0 Å². The number of hydrogen-bond donors (Lipinski definition) is 2. The topological polar surface area (TPSA) is 66.4 Å². The van der Waals surface area contributed by atoms with E-state index >= 15 is 0 Å². The summed E-state index contributed by atoms with van der Waals surface area (Å²) < 4.78 is 0. The van der Waals surface area contributed by atoms with Crippen molar-refractivity contribution < 1.29 is 14.7 Å². The normalized spacial score (nSPS) is 9.89. The molecule has 0 aliphatic heterocycles. The smallest absolute Gasteiger partial charge is 0.251 e. The Bertz CT molecular complexity index is 576. The predicted molar refractivity (Wildman–Crippen MR) is 71.2 cm³/mol. The Morgan fingerprint density at radius 2 is 1.53 bits per heavy atom. The van der Waals surface area contributed by atoms with Gasteiger partial charge in [0.25, 0.3) is 5.91 Å². The third-order valence-corrected chi connectivity index (χ3v) is 2.63. The number of benzene rings is 2. The minimum Gasteiger partial charge on any atom is -0.508 e. The molecule has 4 heteroatoms. The van der Waals surface area contributed by atoms with E-state index in [9.17, 15) is 9.59 Å². The molecule has 2 rings (SSSR count). The van der Waals surface area contributed by atoms with Gasteiger partial charge in [0.1, 0.15) is 5.75 Å². The van der Waals surface area contributed by atoms with Gasteiger partial charge in [0.05, 0.1) is 6.54 Å². The van der Waals surface area contributed by atoms with Gasteiger partial charge in [-0.25, -0.2) is 0 Å². The van der Waals surface area contributed by atoms with Crippen molar-refractivity contribution in [3.05, 3.63) is 65.7 Å². The maximum absolute atomic E-state index is 11.8. The van der Waals surface area contributed by atoms with Crippen molar-refractivity contribution in [3.8, 4) is 5.75 Å². The van der Waals surface area contributed by atoms with E-state index in [1.165, 1.54) is 24.3 Å². The number of hydrogen-bond acceptors (Lipinski definition) is 3. The van der Waals surface area contributed by atoms with Gasteiger partial charge < -0.3 is 10.4 Å². The van der Waals surface area contributed by atoms with Gasteiger partial charge in [-0.05, 0) is 24.3 Å². The van der Waals surface area contributed by atoms with Gasteiger partial charge in [0, 0.05) is 11.1 Å². The maximum Gasteiger partial charge on any atom is 0.251 e. The minimum atomic E-state index is -0.343. The van der Waals surface area contributed by atoms with E-state index in [0.717, 1.165) is 0 Å². The third-order valence-electron chi connectivity index (χ3n) is 2.63. The molecule has 0 saturated heterocycles. The number of phenols is 1. The molecule has 4 nitrogen and oxygen atoms in total. The van der Waals surface area contributed by atoms with Crippen LogP contribution >= 0.6 is 0 Å². The number of carbonyl (C=O) groups excluding carboxylic acids is 2. The fraction of sp³-hybridized carbons (Fsp3) is 0.0667. The third kappa shape index (κ3) is 3.42. The molecule has 0 fully saturated rings. The molecule has 2 N–H and O–H groups in total. The summed E-state index contributed by atoms with van der Waals surface area (Å²) in [6.07, 6.45) is 0. The van der Waals surface area contributed by atoms with Gasteiger partial charge >= 0.3 is 0 Å². The number of Topliss-reactive ketones (excluding diaryl/α,β-unsaturated/α-hetero) is 1. The molecular weight excluding hydrogens is 242 g/mol. The lowest BCUT2D eigenvalue weighted by atomic mass is 10.1. The second kappa shape index (κ2) is 5.82. The van der Waals surface area contributed by atoms with Gasteiger partial charge in [-0.15, -0.1) is 0 Å². The van der Waals surface area contributed by atoms with Crippen LogP contribution in [-0.4, -0.2) is 23.3 Å². The van der Waals surface area contributed by atoms with E-state index in [1.54, 1.807) is 24.3 Å². The molecule has 0 spiro atoms. The zero-order valence-corrected chi connectivity index (χ0v) is 10.2. The van der Waals surface area contributed by atoms with Crippen LogP contribution in [0.3, 0.4) is 0 Å². The summed E-state index contributed by atoms with van der Waals surface area (Å²) in [5, 5.41) is 11.7. The molecule has 1 amide bonds. The number of aromatic hydroxyl groups is 1. The summed E-state index contributed by atoms with van der Waals surface area (Å²) in [6.45, 7) is -0.0519. The number of rotatable bonds is 4. The number of nitrogens with one attached hydrogen (secondary N) is 1. The van der Waals surface area contributed by atoms with Crippen LogP contribution in [-0.2, 0) is 0 Å². The van der Waals surface area contributed by atoms with Crippen LogP contribution < -0.4 is 5.32 Å². The van der Waals surface area contributed by atoms with Crippen LogP contribution in [0.15, 0.2) is 54.6 Å². The molecule has 96 valence electrons. The van der Waals surface area contributed by atoms with Crippen molar-refractivity contribution >= 4 is 11.7 Å². The summed E-state index contributed by atoms with van der Waals surface area (Å²) in [5.41, 5.74) is 0.965. The molecule has 2 aromatic rings. The molecule has 0 heterocycles. The second-order valence-electron chi connectivity index (χ2n) is 4.02. The van der Waals surface area contributed by atoms with Crippen LogP contribution in [0.4, 0.5) is 0 Å². The molecule has 2 aromatic carbocycles. The van der Waals surface area contributed by atoms with Crippen LogP contribution in [0, 0.1) is 0 Å². The van der Waals surface area contributed by atoms with Crippen LogP contribution in [0.5, 0.6) is 5.75 Å². The summed E-state index contributed by atoms with van der Waals surface area (Å²) >= 11 is 0. The number of amides is 1. The zero-order chi connectivity index (χ0) is 13.7. The lowest BCUT2D eigenvalue weighted by Crippen LogP contribution is -2.29. The quantitative estimate of drug-likeness (QED) is 0.821. The largest absolute Gasteiger partial charge is 0.508 e. The SMILES string of the molecule is O=C(CNC(=O)c1ccc(O)cc1)c1ccccc1. The molecule has 0 radical (unpaired) electrons. The van der Waals surface area contributed by atoms with Crippen molar-refractivity contribution in [2.45, 2.75) is 0 Å². The van der Waals surface area contributed by atoms with Gasteiger partial charge in [0.15, 0.2) is 5.78 Å². The molecule has 0 unspecified atom stereocenters. The highest BCUT2D eigenvalue weighted by atomic mass is 16.3. The first-order valence-electron chi connectivity index (χ1n) is 5.82. The number of phenolic OH excluding ortho intramolecular Hbond substituents is 1. The Morgan fingerprint density at radius 3 is 2.16 bits per heavy atom. The summed E-state index contributed by atoms with van der Waals surface area (Å²) in [6, 6.07) is 14.6. The van der Waals surface area contributed by atoms with Crippen molar-refractivity contribution in [1.29, 1.82) is 0 Å². The van der Waals surface area contributed by atoms with Gasteiger partial charge in [-0.1, -0.05) is 30.3 Å². The van der Waals surface area contributed by atoms with Gasteiger partial charge in [-0.3, -0.25) is 9.59 Å². The van der Waals surface area contributed by atoms with E-state index < -0.39 is 0 Å². The molecular formula is C15H13NO3. The van der Waals surface area contributed by atoms with E-state index in [4.69, 9.17) is 5.11 Å². The van der Waals surface area contributed by atoms with Crippen LogP contribution in [0.25, 0.3) is 0 Å². The Morgan fingerprint density at radius 1 is 0.895 bits per heavy atom. The zero-order valence-electron chi connectivity index (χ0n) is 10.2. The Labute approximate surface area is 110 Å². The maximum atomic E-state index is 11.8.